The van der Waals surface area contributed by atoms with Crippen LogP contribution in [0.2, 0.25) is 0 Å². The number of nitrogens with zero attached hydrogens (tertiary/aromatic N) is 3. The van der Waals surface area contributed by atoms with Crippen LogP contribution in [0.4, 0.5) is 0 Å². The molecule has 0 aliphatic carbocycles. The highest BCUT2D eigenvalue weighted by Gasteiger charge is 2.29. The number of piperidine rings is 1. The molecule has 0 radical (unpaired) electrons. The van der Waals surface area contributed by atoms with Gasteiger partial charge in [-0.25, -0.2) is 0 Å². The highest BCUT2D eigenvalue weighted by molar-refractivity contribution is 5.97. The Labute approximate surface area is 144 Å². The zero-order valence-electron chi connectivity index (χ0n) is 14.5. The van der Waals surface area contributed by atoms with Gasteiger partial charge in [0.2, 0.25) is 0 Å². The largest absolute Gasteiger partial charge is 0.466 e. The molecule has 2 rings (SSSR count). The van der Waals surface area contributed by atoms with Gasteiger partial charge in [0.1, 0.15) is 11.6 Å². The van der Waals surface area contributed by atoms with Crippen LogP contribution in [0.25, 0.3) is 0 Å². The second kappa shape index (κ2) is 9.31. The lowest BCUT2D eigenvalue weighted by Crippen LogP contribution is -2.41. The standard InChI is InChI=1S/C18H27N3O3/c1-2-24-18(23)15-7-11-21(12-8-15)17(22)16(13-19)14-20-9-5-3-4-6-10-20/h14-15H,2-12H2,1H3/b16-14-. The molecular weight excluding hydrogens is 306 g/mol. The van der Waals surface area contributed by atoms with Crippen LogP contribution in [-0.2, 0) is 14.3 Å². The van der Waals surface area contributed by atoms with Crippen LogP contribution in [0, 0.1) is 17.2 Å². The summed E-state index contributed by atoms with van der Waals surface area (Å²) in [6, 6.07) is 2.06. The normalized spacial score (nSPS) is 20.2. The Bertz CT molecular complexity index is 508. The Morgan fingerprint density at radius 3 is 2.29 bits per heavy atom. The van der Waals surface area contributed by atoms with Crippen LogP contribution in [0.3, 0.4) is 0 Å². The van der Waals surface area contributed by atoms with Gasteiger partial charge in [-0.2, -0.15) is 5.26 Å². The molecule has 2 fully saturated rings. The van der Waals surface area contributed by atoms with E-state index in [0.29, 0.717) is 32.5 Å². The summed E-state index contributed by atoms with van der Waals surface area (Å²) in [6.07, 6.45) is 7.57. The third kappa shape index (κ3) is 4.98. The molecule has 0 bridgehead atoms. The van der Waals surface area contributed by atoms with Crippen molar-refractivity contribution in [3.8, 4) is 6.07 Å². The molecule has 0 spiro atoms. The molecule has 2 saturated heterocycles. The number of carbonyl (C=O) groups is 2. The highest BCUT2D eigenvalue weighted by atomic mass is 16.5. The molecule has 0 aromatic rings. The van der Waals surface area contributed by atoms with E-state index in [1.54, 1.807) is 18.0 Å². The number of amides is 1. The van der Waals surface area contributed by atoms with E-state index in [0.717, 1.165) is 25.9 Å². The minimum atomic E-state index is -0.218. The molecule has 1 amide bonds. The number of nitriles is 1. The summed E-state index contributed by atoms with van der Waals surface area (Å²) in [5, 5.41) is 9.37. The number of hydrogen-bond donors (Lipinski definition) is 0. The van der Waals surface area contributed by atoms with E-state index >= 15 is 0 Å². The summed E-state index contributed by atoms with van der Waals surface area (Å²) in [6.45, 7) is 4.99. The molecule has 24 heavy (non-hydrogen) atoms. The van der Waals surface area contributed by atoms with Crippen molar-refractivity contribution in [2.75, 3.05) is 32.8 Å². The molecule has 0 aromatic heterocycles. The van der Waals surface area contributed by atoms with Gasteiger partial charge in [0.15, 0.2) is 0 Å². The number of ether oxygens (including phenoxy) is 1. The van der Waals surface area contributed by atoms with Crippen LogP contribution >= 0.6 is 0 Å². The van der Waals surface area contributed by atoms with Gasteiger partial charge in [0.05, 0.1) is 12.5 Å². The van der Waals surface area contributed by atoms with Gasteiger partial charge in [0, 0.05) is 32.4 Å². The predicted octanol–water partition coefficient (Wildman–Crippen LogP) is 2.07. The maximum atomic E-state index is 12.6. The van der Waals surface area contributed by atoms with Crippen LogP contribution in [0.15, 0.2) is 11.8 Å². The zero-order chi connectivity index (χ0) is 17.4. The summed E-state index contributed by atoms with van der Waals surface area (Å²) in [5.41, 5.74) is 0.200. The van der Waals surface area contributed by atoms with Gasteiger partial charge >= 0.3 is 5.97 Å². The topological polar surface area (TPSA) is 73.6 Å². The van der Waals surface area contributed by atoms with Crippen molar-refractivity contribution in [3.05, 3.63) is 11.8 Å². The fourth-order valence-corrected chi connectivity index (χ4v) is 3.29. The molecule has 0 unspecified atom stereocenters. The molecule has 0 saturated carbocycles. The van der Waals surface area contributed by atoms with Crippen molar-refractivity contribution in [2.45, 2.75) is 45.4 Å². The van der Waals surface area contributed by atoms with Crippen LogP contribution in [0.1, 0.15) is 45.4 Å². The highest BCUT2D eigenvalue weighted by Crippen LogP contribution is 2.20. The molecule has 132 valence electrons. The van der Waals surface area contributed by atoms with Crippen molar-refractivity contribution in [3.63, 3.8) is 0 Å². The smallest absolute Gasteiger partial charge is 0.309 e. The van der Waals surface area contributed by atoms with Crippen molar-refractivity contribution in [1.29, 1.82) is 5.26 Å². The third-order valence-electron chi connectivity index (χ3n) is 4.71. The van der Waals surface area contributed by atoms with Gasteiger partial charge in [-0.05, 0) is 32.6 Å². The number of carbonyl (C=O) groups excluding carboxylic acids is 2. The molecule has 6 nitrogen and oxygen atoms in total. The lowest BCUT2D eigenvalue weighted by molar-refractivity contribution is -0.150. The minimum Gasteiger partial charge on any atom is -0.466 e. The van der Waals surface area contributed by atoms with Gasteiger partial charge in [-0.15, -0.1) is 0 Å². The van der Waals surface area contributed by atoms with Gasteiger partial charge in [0.25, 0.3) is 5.91 Å². The van der Waals surface area contributed by atoms with E-state index in [-0.39, 0.29) is 23.4 Å². The summed E-state index contributed by atoms with van der Waals surface area (Å²) in [7, 11) is 0. The molecule has 0 aromatic carbocycles. The molecule has 2 aliphatic heterocycles. The lowest BCUT2D eigenvalue weighted by Gasteiger charge is -2.31. The minimum absolute atomic E-state index is 0.130. The van der Waals surface area contributed by atoms with Crippen molar-refractivity contribution < 1.29 is 14.3 Å². The first kappa shape index (κ1) is 18.3. The molecule has 2 heterocycles. The Kier molecular flexibility index (Phi) is 7.10. The van der Waals surface area contributed by atoms with Gasteiger partial charge < -0.3 is 14.5 Å². The average molecular weight is 333 g/mol. The monoisotopic (exact) mass is 333 g/mol. The van der Waals surface area contributed by atoms with Crippen LogP contribution in [0.5, 0.6) is 0 Å². The first-order valence-electron chi connectivity index (χ1n) is 8.97. The maximum Gasteiger partial charge on any atom is 0.309 e. The zero-order valence-corrected chi connectivity index (χ0v) is 14.5. The van der Waals surface area contributed by atoms with Crippen LogP contribution in [-0.4, -0.2) is 54.5 Å². The second-order valence-corrected chi connectivity index (χ2v) is 6.42. The number of hydrogen-bond acceptors (Lipinski definition) is 5. The molecular formula is C18H27N3O3. The second-order valence-electron chi connectivity index (χ2n) is 6.42. The summed E-state index contributed by atoms with van der Waals surface area (Å²) in [4.78, 5) is 28.1. The Morgan fingerprint density at radius 1 is 1.12 bits per heavy atom. The fourth-order valence-electron chi connectivity index (χ4n) is 3.29. The van der Waals surface area contributed by atoms with E-state index in [1.165, 1.54) is 12.8 Å². The number of likely N-dealkylation sites (tertiary alicyclic amines) is 2. The first-order valence-corrected chi connectivity index (χ1v) is 8.97. The molecule has 0 atom stereocenters. The quantitative estimate of drug-likeness (QED) is 0.447. The molecule has 0 N–H and O–H groups in total. The molecule has 2 aliphatic rings. The van der Waals surface area contributed by atoms with Crippen molar-refractivity contribution in [1.82, 2.24) is 9.80 Å². The summed E-state index contributed by atoms with van der Waals surface area (Å²) >= 11 is 0. The van der Waals surface area contributed by atoms with E-state index < -0.39 is 0 Å². The van der Waals surface area contributed by atoms with Crippen molar-refractivity contribution >= 4 is 11.9 Å². The fraction of sp³-hybridized carbons (Fsp3) is 0.722. The van der Waals surface area contributed by atoms with E-state index in [1.807, 2.05) is 0 Å². The lowest BCUT2D eigenvalue weighted by atomic mass is 9.96. The van der Waals surface area contributed by atoms with Crippen LogP contribution < -0.4 is 0 Å². The predicted molar refractivity (Wildman–Crippen MR) is 89.7 cm³/mol. The van der Waals surface area contributed by atoms with E-state index in [9.17, 15) is 14.9 Å². The summed E-state index contributed by atoms with van der Waals surface area (Å²) in [5.74, 6) is -0.525. The maximum absolute atomic E-state index is 12.6. The SMILES string of the molecule is CCOC(=O)C1CCN(C(=O)/C(C#N)=C\N2CCCCCC2)CC1. The van der Waals surface area contributed by atoms with Gasteiger partial charge in [-0.3, -0.25) is 9.59 Å². The average Bonchev–Trinajstić information content (AvgIpc) is 2.88. The van der Waals surface area contributed by atoms with E-state index in [4.69, 9.17) is 4.74 Å². The number of rotatable bonds is 4. The van der Waals surface area contributed by atoms with Crippen molar-refractivity contribution in [2.24, 2.45) is 5.92 Å². The molecule has 6 heteroatoms. The first-order chi connectivity index (χ1) is 11.7. The Morgan fingerprint density at radius 2 is 1.75 bits per heavy atom. The van der Waals surface area contributed by atoms with E-state index in [2.05, 4.69) is 11.0 Å². The summed E-state index contributed by atoms with van der Waals surface area (Å²) < 4.78 is 5.05. The Hall–Kier alpha value is -2.03. The number of esters is 1. The van der Waals surface area contributed by atoms with Gasteiger partial charge in [-0.1, -0.05) is 12.8 Å². The Balaban J connectivity index is 1.92. The third-order valence-corrected chi connectivity index (χ3v) is 4.71.